The SMILES string of the molecule is CC[C@@H](C)NC(=O)NCCc1ccc(F)cc1. The second kappa shape index (κ2) is 6.89. The largest absolute Gasteiger partial charge is 0.338 e. The van der Waals surface area contributed by atoms with E-state index in [-0.39, 0.29) is 17.9 Å². The van der Waals surface area contributed by atoms with Crippen LogP contribution >= 0.6 is 0 Å². The summed E-state index contributed by atoms with van der Waals surface area (Å²) in [7, 11) is 0. The molecule has 0 aromatic heterocycles. The van der Waals surface area contributed by atoms with Gasteiger partial charge in [-0.1, -0.05) is 19.1 Å². The van der Waals surface area contributed by atoms with Crippen molar-refractivity contribution >= 4 is 6.03 Å². The molecule has 2 amide bonds. The first kappa shape index (κ1) is 13.5. The number of amides is 2. The molecule has 2 N–H and O–H groups in total. The van der Waals surface area contributed by atoms with Crippen LogP contribution in [0.3, 0.4) is 0 Å². The zero-order valence-corrected chi connectivity index (χ0v) is 10.3. The molecular formula is C13H19FN2O. The highest BCUT2D eigenvalue weighted by Gasteiger charge is 2.03. The molecule has 0 spiro atoms. The Bertz CT molecular complexity index is 351. The van der Waals surface area contributed by atoms with E-state index in [1.54, 1.807) is 12.1 Å². The van der Waals surface area contributed by atoms with E-state index in [2.05, 4.69) is 10.6 Å². The zero-order chi connectivity index (χ0) is 12.7. The van der Waals surface area contributed by atoms with Crippen molar-refractivity contribution in [2.24, 2.45) is 0 Å². The van der Waals surface area contributed by atoms with Gasteiger partial charge in [-0.25, -0.2) is 9.18 Å². The van der Waals surface area contributed by atoms with Gasteiger partial charge >= 0.3 is 6.03 Å². The Balaban J connectivity index is 2.23. The van der Waals surface area contributed by atoms with Gasteiger partial charge in [0.15, 0.2) is 0 Å². The molecule has 0 heterocycles. The lowest BCUT2D eigenvalue weighted by Gasteiger charge is -2.12. The zero-order valence-electron chi connectivity index (χ0n) is 10.3. The molecule has 0 fully saturated rings. The third kappa shape index (κ3) is 5.33. The minimum absolute atomic E-state index is 0.151. The molecule has 94 valence electrons. The lowest BCUT2D eigenvalue weighted by atomic mass is 10.1. The first-order valence-electron chi connectivity index (χ1n) is 5.90. The van der Waals surface area contributed by atoms with Crippen molar-refractivity contribution in [2.75, 3.05) is 6.54 Å². The van der Waals surface area contributed by atoms with Crippen LogP contribution in [0.2, 0.25) is 0 Å². The molecule has 0 bridgehead atoms. The minimum atomic E-state index is -0.240. The number of halogens is 1. The molecule has 1 aromatic carbocycles. The molecule has 0 radical (unpaired) electrons. The highest BCUT2D eigenvalue weighted by molar-refractivity contribution is 5.74. The number of hydrogen-bond donors (Lipinski definition) is 2. The number of nitrogens with one attached hydrogen (secondary N) is 2. The Morgan fingerprint density at radius 3 is 2.59 bits per heavy atom. The van der Waals surface area contributed by atoms with Crippen LogP contribution in [0.15, 0.2) is 24.3 Å². The van der Waals surface area contributed by atoms with Gasteiger partial charge in [0.25, 0.3) is 0 Å². The number of hydrogen-bond acceptors (Lipinski definition) is 1. The number of urea groups is 1. The average molecular weight is 238 g/mol. The fourth-order valence-corrected chi connectivity index (χ4v) is 1.35. The van der Waals surface area contributed by atoms with Crippen LogP contribution in [0.5, 0.6) is 0 Å². The molecule has 0 unspecified atom stereocenters. The van der Waals surface area contributed by atoms with E-state index in [4.69, 9.17) is 0 Å². The van der Waals surface area contributed by atoms with Crippen LogP contribution < -0.4 is 10.6 Å². The van der Waals surface area contributed by atoms with E-state index in [9.17, 15) is 9.18 Å². The Morgan fingerprint density at radius 2 is 2.00 bits per heavy atom. The summed E-state index contributed by atoms with van der Waals surface area (Å²) < 4.78 is 12.6. The summed E-state index contributed by atoms with van der Waals surface area (Å²) in [6.07, 6.45) is 1.61. The smallest absolute Gasteiger partial charge is 0.315 e. The van der Waals surface area contributed by atoms with E-state index in [1.165, 1.54) is 12.1 Å². The third-order valence-electron chi connectivity index (χ3n) is 2.60. The number of rotatable bonds is 5. The highest BCUT2D eigenvalue weighted by atomic mass is 19.1. The Hall–Kier alpha value is -1.58. The van der Waals surface area contributed by atoms with Crippen LogP contribution in [0.4, 0.5) is 9.18 Å². The molecule has 0 aliphatic carbocycles. The van der Waals surface area contributed by atoms with Crippen molar-refractivity contribution in [3.63, 3.8) is 0 Å². The minimum Gasteiger partial charge on any atom is -0.338 e. The van der Waals surface area contributed by atoms with Gasteiger partial charge in [-0.15, -0.1) is 0 Å². The summed E-state index contributed by atoms with van der Waals surface area (Å²) in [6, 6.07) is 6.33. The Morgan fingerprint density at radius 1 is 1.35 bits per heavy atom. The molecule has 0 saturated heterocycles. The monoisotopic (exact) mass is 238 g/mol. The van der Waals surface area contributed by atoms with Crippen LogP contribution in [0, 0.1) is 5.82 Å². The van der Waals surface area contributed by atoms with Crippen LogP contribution in [-0.4, -0.2) is 18.6 Å². The maximum atomic E-state index is 12.6. The van der Waals surface area contributed by atoms with Crippen molar-refractivity contribution in [3.05, 3.63) is 35.6 Å². The summed E-state index contributed by atoms with van der Waals surface area (Å²) >= 11 is 0. The van der Waals surface area contributed by atoms with Gasteiger partial charge in [0.2, 0.25) is 0 Å². The summed E-state index contributed by atoms with van der Waals surface area (Å²) in [5, 5.41) is 5.58. The highest BCUT2D eigenvalue weighted by Crippen LogP contribution is 2.02. The van der Waals surface area contributed by atoms with Crippen molar-refractivity contribution in [2.45, 2.75) is 32.7 Å². The Labute approximate surface area is 101 Å². The van der Waals surface area contributed by atoms with Crippen molar-refractivity contribution in [1.29, 1.82) is 0 Å². The number of benzene rings is 1. The van der Waals surface area contributed by atoms with Gasteiger partial charge in [-0.3, -0.25) is 0 Å². The molecular weight excluding hydrogens is 219 g/mol. The molecule has 3 nitrogen and oxygen atoms in total. The summed E-state index contributed by atoms with van der Waals surface area (Å²) in [4.78, 5) is 11.4. The maximum Gasteiger partial charge on any atom is 0.315 e. The van der Waals surface area contributed by atoms with Crippen molar-refractivity contribution < 1.29 is 9.18 Å². The molecule has 1 aromatic rings. The summed E-state index contributed by atoms with van der Waals surface area (Å²) in [5.74, 6) is -0.240. The molecule has 0 aliphatic heterocycles. The quantitative estimate of drug-likeness (QED) is 0.813. The molecule has 0 aliphatic rings. The molecule has 1 atom stereocenters. The van der Waals surface area contributed by atoms with Gasteiger partial charge in [-0.05, 0) is 37.5 Å². The second-order valence-corrected chi connectivity index (χ2v) is 4.09. The normalized spacial score (nSPS) is 11.9. The topological polar surface area (TPSA) is 41.1 Å². The lowest BCUT2D eigenvalue weighted by molar-refractivity contribution is 0.237. The van der Waals surface area contributed by atoms with E-state index >= 15 is 0 Å². The van der Waals surface area contributed by atoms with Crippen LogP contribution in [-0.2, 0) is 6.42 Å². The standard InChI is InChI=1S/C13H19FN2O/c1-3-10(2)16-13(17)15-9-8-11-4-6-12(14)7-5-11/h4-7,10H,3,8-9H2,1-2H3,(H2,15,16,17)/t10-/m1/s1. The van der Waals surface area contributed by atoms with E-state index in [0.717, 1.165) is 12.0 Å². The van der Waals surface area contributed by atoms with Crippen molar-refractivity contribution in [1.82, 2.24) is 10.6 Å². The predicted molar refractivity (Wildman–Crippen MR) is 66.4 cm³/mol. The first-order valence-corrected chi connectivity index (χ1v) is 5.90. The first-order chi connectivity index (χ1) is 8.11. The van der Waals surface area contributed by atoms with Crippen LogP contribution in [0.25, 0.3) is 0 Å². The van der Waals surface area contributed by atoms with Gasteiger partial charge in [0.05, 0.1) is 0 Å². The summed E-state index contributed by atoms with van der Waals surface area (Å²) in [6.45, 7) is 4.52. The number of carbonyl (C=O) groups excluding carboxylic acids is 1. The van der Waals surface area contributed by atoms with E-state index in [1.807, 2.05) is 13.8 Å². The van der Waals surface area contributed by atoms with Crippen LogP contribution in [0.1, 0.15) is 25.8 Å². The molecule has 17 heavy (non-hydrogen) atoms. The van der Waals surface area contributed by atoms with Crippen molar-refractivity contribution in [3.8, 4) is 0 Å². The second-order valence-electron chi connectivity index (χ2n) is 4.09. The van der Waals surface area contributed by atoms with Gasteiger partial charge in [-0.2, -0.15) is 0 Å². The maximum absolute atomic E-state index is 12.6. The molecule has 0 saturated carbocycles. The Kier molecular flexibility index (Phi) is 5.46. The number of carbonyl (C=O) groups is 1. The van der Waals surface area contributed by atoms with Gasteiger partial charge in [0, 0.05) is 12.6 Å². The van der Waals surface area contributed by atoms with E-state index in [0.29, 0.717) is 13.0 Å². The van der Waals surface area contributed by atoms with Gasteiger partial charge in [0.1, 0.15) is 5.82 Å². The average Bonchev–Trinajstić information content (AvgIpc) is 2.31. The summed E-state index contributed by atoms with van der Waals surface area (Å²) in [5.41, 5.74) is 1.01. The fraction of sp³-hybridized carbons (Fsp3) is 0.462. The molecule has 4 heteroatoms. The van der Waals surface area contributed by atoms with Gasteiger partial charge < -0.3 is 10.6 Å². The van der Waals surface area contributed by atoms with E-state index < -0.39 is 0 Å². The fourth-order valence-electron chi connectivity index (χ4n) is 1.35. The third-order valence-corrected chi connectivity index (χ3v) is 2.60. The lowest BCUT2D eigenvalue weighted by Crippen LogP contribution is -2.41. The molecule has 1 rings (SSSR count). The predicted octanol–water partition coefficient (Wildman–Crippen LogP) is 2.47.